The standard InChI is InChI=1S/C16H24N2O3S/c1-3-13-5-7-15(8-6-13)22(20,21)18-11-9-14(10-12-18)16(19)17-4-2/h5-8,14H,3-4,9-12H2,1-2H3,(H,17,19). The number of rotatable bonds is 5. The number of piperidine rings is 1. The molecule has 1 aromatic carbocycles. The maximum atomic E-state index is 12.6. The van der Waals surface area contributed by atoms with Crippen molar-refractivity contribution in [1.82, 2.24) is 9.62 Å². The van der Waals surface area contributed by atoms with Gasteiger partial charge in [-0.1, -0.05) is 19.1 Å². The summed E-state index contributed by atoms with van der Waals surface area (Å²) in [7, 11) is -3.45. The minimum Gasteiger partial charge on any atom is -0.356 e. The zero-order chi connectivity index (χ0) is 16.2. The predicted octanol–water partition coefficient (Wildman–Crippen LogP) is 1.79. The average molecular weight is 324 g/mol. The highest BCUT2D eigenvalue weighted by Crippen LogP contribution is 2.24. The molecule has 0 aliphatic carbocycles. The van der Waals surface area contributed by atoms with E-state index < -0.39 is 10.0 Å². The number of amides is 1. The van der Waals surface area contributed by atoms with Crippen LogP contribution in [-0.4, -0.2) is 38.3 Å². The summed E-state index contributed by atoms with van der Waals surface area (Å²) in [5.74, 6) is -0.0410. The summed E-state index contributed by atoms with van der Waals surface area (Å²) in [6, 6.07) is 7.05. The van der Waals surface area contributed by atoms with E-state index in [1.54, 1.807) is 12.1 Å². The molecule has 0 aromatic heterocycles. The molecule has 1 aliphatic rings. The number of nitrogens with zero attached hydrogens (tertiary/aromatic N) is 1. The Labute approximate surface area is 132 Å². The zero-order valence-corrected chi connectivity index (χ0v) is 14.0. The first-order valence-corrected chi connectivity index (χ1v) is 9.29. The molecule has 1 N–H and O–H groups in total. The average Bonchev–Trinajstić information content (AvgIpc) is 2.55. The van der Waals surface area contributed by atoms with Crippen LogP contribution in [0, 0.1) is 5.92 Å². The van der Waals surface area contributed by atoms with E-state index in [1.165, 1.54) is 4.31 Å². The Morgan fingerprint density at radius 2 is 1.77 bits per heavy atom. The van der Waals surface area contributed by atoms with Crippen LogP contribution in [0.3, 0.4) is 0 Å². The largest absolute Gasteiger partial charge is 0.356 e. The first-order valence-electron chi connectivity index (χ1n) is 7.85. The molecular formula is C16H24N2O3S. The molecule has 0 spiro atoms. The molecule has 1 saturated heterocycles. The maximum absolute atomic E-state index is 12.6. The van der Waals surface area contributed by atoms with Crippen molar-refractivity contribution in [1.29, 1.82) is 0 Å². The van der Waals surface area contributed by atoms with Crippen LogP contribution >= 0.6 is 0 Å². The summed E-state index contributed by atoms with van der Waals surface area (Å²) < 4.78 is 26.7. The number of nitrogens with one attached hydrogen (secondary N) is 1. The number of sulfonamides is 1. The summed E-state index contributed by atoms with van der Waals surface area (Å²) in [6.07, 6.45) is 2.05. The molecule has 0 atom stereocenters. The van der Waals surface area contributed by atoms with E-state index in [0.29, 0.717) is 37.4 Å². The zero-order valence-electron chi connectivity index (χ0n) is 13.2. The Balaban J connectivity index is 2.04. The van der Waals surface area contributed by atoms with Crippen LogP contribution in [-0.2, 0) is 21.2 Å². The highest BCUT2D eigenvalue weighted by molar-refractivity contribution is 7.89. The Bertz CT molecular complexity index is 603. The van der Waals surface area contributed by atoms with E-state index >= 15 is 0 Å². The minimum absolute atomic E-state index is 0.0341. The van der Waals surface area contributed by atoms with E-state index in [2.05, 4.69) is 5.32 Å². The van der Waals surface area contributed by atoms with E-state index in [1.807, 2.05) is 26.0 Å². The third-order valence-electron chi connectivity index (χ3n) is 4.15. The molecule has 0 bridgehead atoms. The summed E-state index contributed by atoms with van der Waals surface area (Å²) in [5, 5.41) is 2.81. The van der Waals surface area contributed by atoms with Crippen molar-refractivity contribution < 1.29 is 13.2 Å². The van der Waals surface area contributed by atoms with Crippen LogP contribution in [0.2, 0.25) is 0 Å². The van der Waals surface area contributed by atoms with E-state index in [4.69, 9.17) is 0 Å². The Morgan fingerprint density at radius 1 is 1.18 bits per heavy atom. The SMILES string of the molecule is CCNC(=O)C1CCN(S(=O)(=O)c2ccc(CC)cc2)CC1. The third kappa shape index (κ3) is 3.67. The molecule has 1 fully saturated rings. The fraction of sp³-hybridized carbons (Fsp3) is 0.562. The monoisotopic (exact) mass is 324 g/mol. The molecular weight excluding hydrogens is 300 g/mol. The summed E-state index contributed by atoms with van der Waals surface area (Å²) >= 11 is 0. The lowest BCUT2D eigenvalue weighted by Gasteiger charge is -2.30. The van der Waals surface area contributed by atoms with Gasteiger partial charge in [0.25, 0.3) is 0 Å². The number of hydrogen-bond acceptors (Lipinski definition) is 3. The van der Waals surface area contributed by atoms with Crippen molar-refractivity contribution >= 4 is 15.9 Å². The second-order valence-electron chi connectivity index (χ2n) is 5.57. The van der Waals surface area contributed by atoms with Crippen LogP contribution in [0.15, 0.2) is 29.2 Å². The first-order chi connectivity index (χ1) is 10.5. The molecule has 0 radical (unpaired) electrons. The third-order valence-corrected chi connectivity index (χ3v) is 6.06. The number of carbonyl (C=O) groups excluding carboxylic acids is 1. The Kier molecular flexibility index (Phi) is 5.58. The fourth-order valence-electron chi connectivity index (χ4n) is 2.72. The van der Waals surface area contributed by atoms with Crippen molar-refractivity contribution in [3.05, 3.63) is 29.8 Å². The molecule has 5 nitrogen and oxygen atoms in total. The van der Waals surface area contributed by atoms with Gasteiger partial charge in [-0.15, -0.1) is 0 Å². The lowest BCUT2D eigenvalue weighted by molar-refractivity contribution is -0.126. The van der Waals surface area contributed by atoms with Crippen LogP contribution in [0.4, 0.5) is 0 Å². The van der Waals surface area contributed by atoms with Crippen molar-refractivity contribution in [3.8, 4) is 0 Å². The van der Waals surface area contributed by atoms with Gasteiger partial charge in [-0.2, -0.15) is 4.31 Å². The molecule has 0 unspecified atom stereocenters. The van der Waals surface area contributed by atoms with Crippen LogP contribution in [0.25, 0.3) is 0 Å². The van der Waals surface area contributed by atoms with E-state index in [0.717, 1.165) is 12.0 Å². The quantitative estimate of drug-likeness (QED) is 0.898. The van der Waals surface area contributed by atoms with Gasteiger partial charge in [-0.3, -0.25) is 4.79 Å². The fourth-order valence-corrected chi connectivity index (χ4v) is 4.19. The van der Waals surface area contributed by atoms with Crippen LogP contribution in [0.1, 0.15) is 32.3 Å². The van der Waals surface area contributed by atoms with Crippen LogP contribution in [0.5, 0.6) is 0 Å². The van der Waals surface area contributed by atoms with Gasteiger partial charge in [0.05, 0.1) is 4.90 Å². The number of aryl methyl sites for hydroxylation is 1. The van der Waals surface area contributed by atoms with Gasteiger partial charge in [-0.25, -0.2) is 8.42 Å². The molecule has 1 amide bonds. The summed E-state index contributed by atoms with van der Waals surface area (Å²) in [6.45, 7) is 5.34. The smallest absolute Gasteiger partial charge is 0.243 e. The Morgan fingerprint density at radius 3 is 2.27 bits per heavy atom. The number of benzene rings is 1. The van der Waals surface area contributed by atoms with Crippen LogP contribution < -0.4 is 5.32 Å². The second kappa shape index (κ2) is 7.24. The van der Waals surface area contributed by atoms with Gasteiger partial charge in [0.2, 0.25) is 15.9 Å². The Hall–Kier alpha value is -1.40. The molecule has 22 heavy (non-hydrogen) atoms. The normalized spacial score (nSPS) is 17.4. The summed E-state index contributed by atoms with van der Waals surface area (Å²) in [4.78, 5) is 12.2. The molecule has 0 saturated carbocycles. The van der Waals surface area contributed by atoms with Gasteiger partial charge < -0.3 is 5.32 Å². The van der Waals surface area contributed by atoms with Gasteiger partial charge in [0.15, 0.2) is 0 Å². The van der Waals surface area contributed by atoms with Crippen molar-refractivity contribution in [2.45, 2.75) is 38.0 Å². The molecule has 2 rings (SSSR count). The number of carbonyl (C=O) groups is 1. The molecule has 122 valence electrons. The highest BCUT2D eigenvalue weighted by Gasteiger charge is 2.31. The molecule has 1 aromatic rings. The van der Waals surface area contributed by atoms with Crippen molar-refractivity contribution in [3.63, 3.8) is 0 Å². The van der Waals surface area contributed by atoms with Gasteiger partial charge in [-0.05, 0) is 43.9 Å². The second-order valence-corrected chi connectivity index (χ2v) is 7.51. The predicted molar refractivity (Wildman–Crippen MR) is 86.0 cm³/mol. The van der Waals surface area contributed by atoms with Gasteiger partial charge in [0, 0.05) is 25.6 Å². The lowest BCUT2D eigenvalue weighted by Crippen LogP contribution is -2.42. The summed E-state index contributed by atoms with van der Waals surface area (Å²) in [5.41, 5.74) is 1.12. The number of hydrogen-bond donors (Lipinski definition) is 1. The van der Waals surface area contributed by atoms with Gasteiger partial charge >= 0.3 is 0 Å². The first kappa shape index (κ1) is 17.0. The van der Waals surface area contributed by atoms with Gasteiger partial charge in [0.1, 0.15) is 0 Å². The minimum atomic E-state index is -3.45. The maximum Gasteiger partial charge on any atom is 0.243 e. The highest BCUT2D eigenvalue weighted by atomic mass is 32.2. The van der Waals surface area contributed by atoms with Crippen molar-refractivity contribution in [2.75, 3.05) is 19.6 Å². The molecule has 6 heteroatoms. The topological polar surface area (TPSA) is 66.5 Å². The molecule has 1 heterocycles. The van der Waals surface area contributed by atoms with Crippen molar-refractivity contribution in [2.24, 2.45) is 5.92 Å². The van der Waals surface area contributed by atoms with E-state index in [9.17, 15) is 13.2 Å². The van der Waals surface area contributed by atoms with E-state index in [-0.39, 0.29) is 11.8 Å². The molecule has 1 aliphatic heterocycles. The lowest BCUT2D eigenvalue weighted by atomic mass is 9.97.